The first-order chi connectivity index (χ1) is 22.5. The van der Waals surface area contributed by atoms with Gasteiger partial charge in [0.15, 0.2) is 6.17 Å². The van der Waals surface area contributed by atoms with Crippen LogP contribution >= 0.6 is 11.8 Å². The van der Waals surface area contributed by atoms with Gasteiger partial charge in [-0.15, -0.1) is 11.8 Å². The molecule has 1 saturated heterocycles. The summed E-state index contributed by atoms with van der Waals surface area (Å²) in [5, 5.41) is 5.01. The van der Waals surface area contributed by atoms with Gasteiger partial charge in [0.05, 0.1) is 0 Å². The van der Waals surface area contributed by atoms with E-state index in [2.05, 4.69) is 140 Å². The van der Waals surface area contributed by atoms with Crippen molar-refractivity contribution in [3.05, 3.63) is 143 Å². The van der Waals surface area contributed by atoms with E-state index in [4.69, 9.17) is 9.98 Å². The lowest BCUT2D eigenvalue weighted by molar-refractivity contribution is 0.282. The van der Waals surface area contributed by atoms with Crippen molar-refractivity contribution in [2.45, 2.75) is 75.5 Å². The van der Waals surface area contributed by atoms with Crippen molar-refractivity contribution in [1.29, 1.82) is 0 Å². The number of nitrogens with one attached hydrogen (secondary N) is 1. The molecule has 4 heteroatoms. The fraction of sp³-hybridized carbons (Fsp3) is 0.333. The summed E-state index contributed by atoms with van der Waals surface area (Å²) in [6, 6.07) is 17.9. The molecule has 2 aliphatic heterocycles. The molecule has 6 aliphatic rings. The molecule has 8 rings (SSSR count). The van der Waals surface area contributed by atoms with E-state index >= 15 is 0 Å². The van der Waals surface area contributed by atoms with Crippen LogP contribution in [0.2, 0.25) is 0 Å². The van der Waals surface area contributed by atoms with E-state index in [1.165, 1.54) is 40.7 Å². The summed E-state index contributed by atoms with van der Waals surface area (Å²) in [7, 11) is 0. The molecule has 0 radical (unpaired) electrons. The minimum absolute atomic E-state index is 0.169. The van der Waals surface area contributed by atoms with Gasteiger partial charge in [0.1, 0.15) is 11.7 Å². The van der Waals surface area contributed by atoms with Crippen molar-refractivity contribution in [3.63, 3.8) is 0 Å². The quantitative estimate of drug-likeness (QED) is 0.361. The second-order valence-corrected chi connectivity index (χ2v) is 15.3. The van der Waals surface area contributed by atoms with E-state index in [1.807, 2.05) is 0 Å². The van der Waals surface area contributed by atoms with E-state index < -0.39 is 0 Å². The van der Waals surface area contributed by atoms with E-state index in [1.54, 1.807) is 5.57 Å². The molecule has 0 spiro atoms. The molecule has 0 saturated carbocycles. The minimum atomic E-state index is -0.296. The van der Waals surface area contributed by atoms with E-state index in [-0.39, 0.29) is 11.6 Å². The Morgan fingerprint density at radius 3 is 2.52 bits per heavy atom. The Morgan fingerprint density at radius 1 is 0.804 bits per heavy atom. The maximum atomic E-state index is 5.27. The molecule has 4 aliphatic carbocycles. The Labute approximate surface area is 278 Å². The predicted molar refractivity (Wildman–Crippen MR) is 197 cm³/mol. The molecular formula is C42H43N3S. The number of rotatable bonds is 5. The summed E-state index contributed by atoms with van der Waals surface area (Å²) in [6.07, 6.45) is 30.6. The summed E-state index contributed by atoms with van der Waals surface area (Å²) in [5.41, 5.74) is 10.6. The molecule has 0 bridgehead atoms. The lowest BCUT2D eigenvalue weighted by Crippen LogP contribution is -2.43. The highest BCUT2D eigenvalue weighted by atomic mass is 32.2. The van der Waals surface area contributed by atoms with Crippen LogP contribution in [0.15, 0.2) is 130 Å². The van der Waals surface area contributed by atoms with Gasteiger partial charge < -0.3 is 5.32 Å². The Kier molecular flexibility index (Phi) is 7.94. The summed E-state index contributed by atoms with van der Waals surface area (Å²) >= 11 is 2.22. The van der Waals surface area contributed by atoms with Crippen molar-refractivity contribution >= 4 is 34.6 Å². The number of thioether (sulfide) groups is 1. The number of hydrogen-bond donors (Lipinski definition) is 1. The molecule has 3 nitrogen and oxygen atoms in total. The second-order valence-electron chi connectivity index (χ2n) is 13.9. The van der Waals surface area contributed by atoms with Gasteiger partial charge in [0.25, 0.3) is 0 Å². The minimum Gasteiger partial charge on any atom is -0.325 e. The number of nitrogens with zero attached hydrogens (tertiary/aromatic N) is 2. The van der Waals surface area contributed by atoms with Gasteiger partial charge in [-0.25, -0.2) is 9.98 Å². The number of benzene rings is 2. The molecule has 1 fully saturated rings. The highest BCUT2D eigenvalue weighted by Crippen LogP contribution is 2.56. The lowest BCUT2D eigenvalue weighted by Gasteiger charge is -2.50. The Morgan fingerprint density at radius 2 is 1.65 bits per heavy atom. The number of allylic oxidation sites excluding steroid dienone is 12. The van der Waals surface area contributed by atoms with Gasteiger partial charge in [0, 0.05) is 16.1 Å². The average Bonchev–Trinajstić information content (AvgIpc) is 3.12. The van der Waals surface area contributed by atoms with Crippen LogP contribution in [0.4, 0.5) is 0 Å². The van der Waals surface area contributed by atoms with Crippen molar-refractivity contribution in [2.24, 2.45) is 21.3 Å². The molecule has 4 unspecified atom stereocenters. The standard InChI is InChI=1S/C42H43N3S/c1-42(2)35-21-9-10-22-37(35)46-38-24-23-32(27-36(38)42)31-18-12-20-34(26-31)41-44-39(29-15-7-4-8-16-29)43-40(45-41)33-19-11-17-30(25-33)28-13-5-3-6-14-28/h4-5,7,9-15,17-21,25-27,36-38,40H,3,6,8,16,22-24H2,1-2H3,(H,43,44,45). The van der Waals surface area contributed by atoms with Crippen LogP contribution in [0.1, 0.15) is 87.2 Å². The zero-order chi connectivity index (χ0) is 31.1. The Bertz CT molecular complexity index is 1820. The molecular weight excluding hydrogens is 579 g/mol. The van der Waals surface area contributed by atoms with Crippen LogP contribution in [0.3, 0.4) is 0 Å². The molecule has 2 aromatic carbocycles. The maximum absolute atomic E-state index is 5.27. The highest BCUT2D eigenvalue weighted by molar-refractivity contribution is 8.00. The molecule has 1 N–H and O–H groups in total. The molecule has 2 heterocycles. The van der Waals surface area contributed by atoms with Crippen molar-refractivity contribution < 1.29 is 0 Å². The number of hydrogen-bond acceptors (Lipinski definition) is 4. The van der Waals surface area contributed by atoms with Crippen LogP contribution in [0.5, 0.6) is 0 Å². The molecule has 2 aromatic rings. The van der Waals surface area contributed by atoms with Crippen LogP contribution < -0.4 is 5.32 Å². The van der Waals surface area contributed by atoms with Crippen LogP contribution in [0.25, 0.3) is 11.1 Å². The Balaban J connectivity index is 1.13. The Hall–Kier alpha value is -3.89. The summed E-state index contributed by atoms with van der Waals surface area (Å²) < 4.78 is 0. The fourth-order valence-corrected chi connectivity index (χ4v) is 10.0. The zero-order valence-corrected chi connectivity index (χ0v) is 27.8. The predicted octanol–water partition coefficient (Wildman–Crippen LogP) is 10.3. The van der Waals surface area contributed by atoms with Crippen LogP contribution in [-0.4, -0.2) is 22.2 Å². The van der Waals surface area contributed by atoms with Gasteiger partial charge in [0.2, 0.25) is 0 Å². The van der Waals surface area contributed by atoms with E-state index in [0.29, 0.717) is 16.4 Å². The van der Waals surface area contributed by atoms with E-state index in [0.717, 1.165) is 54.9 Å². The van der Waals surface area contributed by atoms with Gasteiger partial charge >= 0.3 is 0 Å². The van der Waals surface area contributed by atoms with Gasteiger partial charge in [-0.1, -0.05) is 117 Å². The zero-order valence-electron chi connectivity index (χ0n) is 27.0. The summed E-state index contributed by atoms with van der Waals surface area (Å²) in [4.78, 5) is 10.5. The fourth-order valence-electron chi connectivity index (χ4n) is 8.00. The van der Waals surface area contributed by atoms with E-state index in [9.17, 15) is 0 Å². The maximum Gasteiger partial charge on any atom is 0.169 e. The largest absolute Gasteiger partial charge is 0.325 e. The number of fused-ring (bicyclic) bond motifs is 2. The molecule has 0 aromatic heterocycles. The van der Waals surface area contributed by atoms with Crippen molar-refractivity contribution in [2.75, 3.05) is 0 Å². The normalized spacial score (nSPS) is 28.0. The third-order valence-corrected chi connectivity index (χ3v) is 12.2. The monoisotopic (exact) mass is 621 g/mol. The van der Waals surface area contributed by atoms with Gasteiger partial charge in [-0.3, -0.25) is 0 Å². The lowest BCUT2D eigenvalue weighted by atomic mass is 9.65. The molecule has 232 valence electrons. The highest BCUT2D eigenvalue weighted by Gasteiger charge is 2.47. The molecule has 0 amide bonds. The first kappa shape index (κ1) is 29.5. The van der Waals surface area contributed by atoms with Crippen LogP contribution in [-0.2, 0) is 0 Å². The van der Waals surface area contributed by atoms with Crippen molar-refractivity contribution in [3.8, 4) is 0 Å². The van der Waals surface area contributed by atoms with Gasteiger partial charge in [-0.05, 0) is 102 Å². The summed E-state index contributed by atoms with van der Waals surface area (Å²) in [6.45, 7) is 4.95. The SMILES string of the molecule is CC1(C)C2=CC=CCC2SC2CCC(c3cccc(C4=NC(c5cccc(C6=CCCC=C6)c5)N=C(C5=CC=CCC5)N4)c3)=CC21. The molecule has 46 heavy (non-hydrogen) atoms. The average molecular weight is 622 g/mol. The smallest absolute Gasteiger partial charge is 0.169 e. The third-order valence-electron chi connectivity index (χ3n) is 10.6. The third kappa shape index (κ3) is 5.66. The summed E-state index contributed by atoms with van der Waals surface area (Å²) in [5.74, 6) is 2.39. The first-order valence-corrected chi connectivity index (χ1v) is 18.1. The van der Waals surface area contributed by atoms with Crippen molar-refractivity contribution in [1.82, 2.24) is 5.32 Å². The first-order valence-electron chi connectivity index (χ1n) is 17.1. The van der Waals surface area contributed by atoms with Gasteiger partial charge in [-0.2, -0.15) is 0 Å². The van der Waals surface area contributed by atoms with Crippen LogP contribution in [0, 0.1) is 11.3 Å². The second kappa shape index (κ2) is 12.4. The number of amidine groups is 2. The number of aliphatic imine (C=N–C) groups is 2. The topological polar surface area (TPSA) is 36.8 Å². The molecule has 4 atom stereocenters.